The fourth-order valence-electron chi connectivity index (χ4n) is 1.46. The number of nitrogens with one attached hydrogen (secondary N) is 2. The van der Waals surface area contributed by atoms with E-state index in [0.717, 1.165) is 0 Å². The van der Waals surface area contributed by atoms with Gasteiger partial charge in [-0.15, -0.1) is 0 Å². The smallest absolute Gasteiger partial charge is 0.387 e. The zero-order valence-electron chi connectivity index (χ0n) is 11.3. The molecule has 3 N–H and O–H groups in total. The Hall–Kier alpha value is -2.38. The molecule has 21 heavy (non-hydrogen) atoms. The van der Waals surface area contributed by atoms with Crippen molar-refractivity contribution in [2.24, 2.45) is 5.92 Å². The van der Waals surface area contributed by atoms with Crippen LogP contribution < -0.4 is 15.4 Å². The molecule has 8 heteroatoms. The van der Waals surface area contributed by atoms with Crippen LogP contribution in [0.2, 0.25) is 0 Å². The van der Waals surface area contributed by atoms with Crippen LogP contribution in [0.4, 0.5) is 19.3 Å². The zero-order valence-corrected chi connectivity index (χ0v) is 11.3. The van der Waals surface area contributed by atoms with Crippen molar-refractivity contribution in [1.29, 1.82) is 0 Å². The van der Waals surface area contributed by atoms with Crippen molar-refractivity contribution in [3.8, 4) is 5.75 Å². The molecule has 0 bridgehead atoms. The Labute approximate surface area is 120 Å². The first kappa shape index (κ1) is 16.7. The van der Waals surface area contributed by atoms with Gasteiger partial charge in [0, 0.05) is 6.54 Å². The number of urea groups is 1. The van der Waals surface area contributed by atoms with E-state index in [1.54, 1.807) is 6.07 Å². The fraction of sp³-hybridized carbons (Fsp3) is 0.385. The number of hydrogen-bond donors (Lipinski definition) is 3. The molecule has 0 fully saturated rings. The Kier molecular flexibility index (Phi) is 6.38. The van der Waals surface area contributed by atoms with Crippen LogP contribution in [0, 0.1) is 5.92 Å². The summed E-state index contributed by atoms with van der Waals surface area (Å²) in [6.45, 7) is -1.32. The third-order valence-electron chi connectivity index (χ3n) is 2.64. The Morgan fingerprint density at radius 3 is 2.62 bits per heavy atom. The van der Waals surface area contributed by atoms with Gasteiger partial charge < -0.3 is 20.5 Å². The van der Waals surface area contributed by atoms with E-state index in [4.69, 9.17) is 5.11 Å². The molecule has 0 aliphatic rings. The summed E-state index contributed by atoms with van der Waals surface area (Å²) in [5, 5.41) is 13.5. The van der Waals surface area contributed by atoms with Crippen LogP contribution >= 0.6 is 0 Å². The number of anilines is 1. The van der Waals surface area contributed by atoms with Crippen LogP contribution in [0.15, 0.2) is 24.3 Å². The molecule has 1 aromatic rings. The number of para-hydroxylation sites is 2. The van der Waals surface area contributed by atoms with E-state index in [0.29, 0.717) is 0 Å². The van der Waals surface area contributed by atoms with E-state index in [-0.39, 0.29) is 24.4 Å². The SMILES string of the molecule is CC(CCNC(=O)Nc1ccccc1OC(F)F)C(=O)O. The maximum Gasteiger partial charge on any atom is 0.387 e. The average molecular weight is 302 g/mol. The number of halogens is 2. The molecule has 6 nitrogen and oxygen atoms in total. The second kappa shape index (κ2) is 8.03. The highest BCUT2D eigenvalue weighted by atomic mass is 19.3. The number of carboxylic acid groups (broad SMARTS) is 1. The summed E-state index contributed by atoms with van der Waals surface area (Å²) in [5.74, 6) is -1.69. The van der Waals surface area contributed by atoms with Gasteiger partial charge in [-0.3, -0.25) is 4.79 Å². The summed E-state index contributed by atoms with van der Waals surface area (Å²) in [5.41, 5.74) is 0.0987. The number of carbonyl (C=O) groups excluding carboxylic acids is 1. The number of amides is 2. The molecule has 0 aliphatic carbocycles. The van der Waals surface area contributed by atoms with Crippen molar-refractivity contribution in [2.45, 2.75) is 20.0 Å². The van der Waals surface area contributed by atoms with Gasteiger partial charge in [0.25, 0.3) is 0 Å². The minimum Gasteiger partial charge on any atom is -0.481 e. The number of benzene rings is 1. The number of hydrogen-bond acceptors (Lipinski definition) is 3. The molecule has 0 saturated heterocycles. The van der Waals surface area contributed by atoms with Gasteiger partial charge in [0.2, 0.25) is 0 Å². The van der Waals surface area contributed by atoms with Crippen molar-refractivity contribution >= 4 is 17.7 Å². The first-order valence-corrected chi connectivity index (χ1v) is 6.21. The van der Waals surface area contributed by atoms with Crippen molar-refractivity contribution in [1.82, 2.24) is 5.32 Å². The topological polar surface area (TPSA) is 87.7 Å². The number of rotatable bonds is 7. The lowest BCUT2D eigenvalue weighted by Crippen LogP contribution is -2.31. The first-order chi connectivity index (χ1) is 9.90. The Morgan fingerprint density at radius 1 is 1.33 bits per heavy atom. The molecule has 0 aromatic heterocycles. The largest absolute Gasteiger partial charge is 0.481 e. The van der Waals surface area contributed by atoms with Gasteiger partial charge in [0.15, 0.2) is 0 Å². The van der Waals surface area contributed by atoms with Crippen molar-refractivity contribution in [3.05, 3.63) is 24.3 Å². The molecule has 1 rings (SSSR count). The second-order valence-electron chi connectivity index (χ2n) is 4.28. The van der Waals surface area contributed by atoms with Crippen LogP contribution in [-0.2, 0) is 4.79 Å². The molecule has 116 valence electrons. The third-order valence-corrected chi connectivity index (χ3v) is 2.64. The van der Waals surface area contributed by atoms with E-state index in [2.05, 4.69) is 15.4 Å². The third kappa shape index (κ3) is 6.07. The van der Waals surface area contributed by atoms with Gasteiger partial charge in [-0.1, -0.05) is 19.1 Å². The minimum atomic E-state index is -2.99. The van der Waals surface area contributed by atoms with E-state index in [1.165, 1.54) is 25.1 Å². The summed E-state index contributed by atoms with van der Waals surface area (Å²) in [6, 6.07) is 5.14. The highest BCUT2D eigenvalue weighted by molar-refractivity contribution is 5.90. The maximum absolute atomic E-state index is 12.2. The summed E-state index contributed by atoms with van der Waals surface area (Å²) in [6.07, 6.45) is 0.262. The summed E-state index contributed by atoms with van der Waals surface area (Å²) in [7, 11) is 0. The van der Waals surface area contributed by atoms with Crippen LogP contribution in [0.3, 0.4) is 0 Å². The second-order valence-corrected chi connectivity index (χ2v) is 4.28. The van der Waals surface area contributed by atoms with Gasteiger partial charge in [0.1, 0.15) is 5.75 Å². The summed E-state index contributed by atoms with van der Waals surface area (Å²) >= 11 is 0. The predicted molar refractivity (Wildman–Crippen MR) is 71.5 cm³/mol. The van der Waals surface area contributed by atoms with Crippen molar-refractivity contribution in [2.75, 3.05) is 11.9 Å². The highest BCUT2D eigenvalue weighted by Gasteiger charge is 2.13. The van der Waals surface area contributed by atoms with Gasteiger partial charge in [0.05, 0.1) is 11.6 Å². The molecule has 0 heterocycles. The van der Waals surface area contributed by atoms with Crippen molar-refractivity contribution < 1.29 is 28.2 Å². The fourth-order valence-corrected chi connectivity index (χ4v) is 1.46. The Balaban J connectivity index is 2.49. The van der Waals surface area contributed by atoms with Gasteiger partial charge in [-0.05, 0) is 18.6 Å². The molecular formula is C13H16F2N2O4. The van der Waals surface area contributed by atoms with E-state index in [1.807, 2.05) is 0 Å². The number of carbonyl (C=O) groups is 2. The van der Waals surface area contributed by atoms with Crippen LogP contribution in [0.25, 0.3) is 0 Å². The van der Waals surface area contributed by atoms with Gasteiger partial charge >= 0.3 is 18.6 Å². The van der Waals surface area contributed by atoms with E-state index < -0.39 is 24.5 Å². The van der Waals surface area contributed by atoms with Crippen LogP contribution in [0.1, 0.15) is 13.3 Å². The maximum atomic E-state index is 12.2. The molecule has 1 aromatic carbocycles. The molecule has 0 aliphatic heterocycles. The van der Waals surface area contributed by atoms with Gasteiger partial charge in [-0.2, -0.15) is 8.78 Å². The quantitative estimate of drug-likeness (QED) is 0.722. The lowest BCUT2D eigenvalue weighted by atomic mass is 10.1. The summed E-state index contributed by atoms with van der Waals surface area (Å²) < 4.78 is 28.7. The predicted octanol–water partition coefficient (Wildman–Crippen LogP) is 2.52. The summed E-state index contributed by atoms with van der Waals surface area (Å²) in [4.78, 5) is 22.2. The van der Waals surface area contributed by atoms with Crippen LogP contribution in [0.5, 0.6) is 5.75 Å². The highest BCUT2D eigenvalue weighted by Crippen LogP contribution is 2.25. The number of carboxylic acids is 1. The van der Waals surface area contributed by atoms with Gasteiger partial charge in [-0.25, -0.2) is 4.79 Å². The number of aliphatic carboxylic acids is 1. The zero-order chi connectivity index (χ0) is 15.8. The molecule has 0 spiro atoms. The molecule has 1 atom stereocenters. The number of ether oxygens (including phenoxy) is 1. The lowest BCUT2D eigenvalue weighted by Gasteiger charge is -2.12. The normalized spacial score (nSPS) is 11.8. The lowest BCUT2D eigenvalue weighted by molar-refractivity contribution is -0.141. The number of alkyl halides is 2. The molecule has 0 saturated carbocycles. The molecule has 1 unspecified atom stereocenters. The monoisotopic (exact) mass is 302 g/mol. The Morgan fingerprint density at radius 2 is 2.00 bits per heavy atom. The Bertz CT molecular complexity index is 497. The molecular weight excluding hydrogens is 286 g/mol. The molecule has 2 amide bonds. The van der Waals surface area contributed by atoms with Crippen LogP contribution in [-0.4, -0.2) is 30.3 Å². The van der Waals surface area contributed by atoms with E-state index in [9.17, 15) is 18.4 Å². The van der Waals surface area contributed by atoms with E-state index >= 15 is 0 Å². The molecule has 0 radical (unpaired) electrons. The average Bonchev–Trinajstić information content (AvgIpc) is 2.40. The standard InChI is InChI=1S/C13H16F2N2O4/c1-8(11(18)19)6-7-16-13(20)17-9-4-2-3-5-10(9)21-12(14)15/h2-5,8,12H,6-7H2,1H3,(H,18,19)(H2,16,17,20). The first-order valence-electron chi connectivity index (χ1n) is 6.21. The minimum absolute atomic E-state index is 0.0987. The van der Waals surface area contributed by atoms with Crippen molar-refractivity contribution in [3.63, 3.8) is 0 Å².